The average Bonchev–Trinajstić information content (AvgIpc) is 2.99. The highest BCUT2D eigenvalue weighted by molar-refractivity contribution is 7.10. The Morgan fingerprint density at radius 3 is 3.06 bits per heavy atom. The Kier molecular flexibility index (Phi) is 2.69. The van der Waals surface area contributed by atoms with Crippen LogP contribution in [0.25, 0.3) is 11.6 Å². The highest BCUT2D eigenvalue weighted by Gasteiger charge is 2.16. The molecule has 1 aliphatic carbocycles. The maximum absolute atomic E-state index is 5.25. The summed E-state index contributed by atoms with van der Waals surface area (Å²) < 4.78 is 5.25. The molecule has 2 nitrogen and oxygen atoms in total. The number of hydrogen-bond acceptors (Lipinski definition) is 3. The highest BCUT2D eigenvalue weighted by Crippen LogP contribution is 2.35. The summed E-state index contributed by atoms with van der Waals surface area (Å²) >= 11 is 1.68. The summed E-state index contributed by atoms with van der Waals surface area (Å²) in [6.07, 6.45) is 6.38. The van der Waals surface area contributed by atoms with Crippen LogP contribution < -0.4 is 4.74 Å². The molecule has 0 radical (unpaired) electrons. The molecular formula is C14H13NOS. The minimum Gasteiger partial charge on any atom is -0.497 e. The van der Waals surface area contributed by atoms with Gasteiger partial charge in [0.1, 0.15) is 5.75 Å². The van der Waals surface area contributed by atoms with E-state index in [4.69, 9.17) is 4.74 Å². The van der Waals surface area contributed by atoms with Crippen LogP contribution in [-0.2, 0) is 6.42 Å². The first kappa shape index (κ1) is 10.5. The lowest BCUT2D eigenvalue weighted by molar-refractivity contribution is 0.414. The van der Waals surface area contributed by atoms with Gasteiger partial charge in [-0.1, -0.05) is 6.07 Å². The molecule has 17 heavy (non-hydrogen) atoms. The summed E-state index contributed by atoms with van der Waals surface area (Å²) in [7, 11) is 1.71. The number of aromatic nitrogens is 1. The largest absolute Gasteiger partial charge is 0.497 e. The van der Waals surface area contributed by atoms with Gasteiger partial charge in [-0.25, -0.2) is 0 Å². The molecular weight excluding hydrogens is 230 g/mol. The summed E-state index contributed by atoms with van der Waals surface area (Å²) in [5.74, 6) is 0.947. The summed E-state index contributed by atoms with van der Waals surface area (Å²) in [4.78, 5) is 5.33. The van der Waals surface area contributed by atoms with Crippen molar-refractivity contribution in [3.63, 3.8) is 0 Å². The second-order valence-corrected chi connectivity index (χ2v) is 5.01. The molecule has 0 bridgehead atoms. The van der Waals surface area contributed by atoms with Gasteiger partial charge in [0.05, 0.1) is 12.6 Å². The van der Waals surface area contributed by atoms with Gasteiger partial charge in [0.15, 0.2) is 0 Å². The molecule has 1 aromatic heterocycles. The van der Waals surface area contributed by atoms with E-state index in [1.165, 1.54) is 21.6 Å². The van der Waals surface area contributed by atoms with E-state index in [1.807, 2.05) is 17.8 Å². The van der Waals surface area contributed by atoms with Gasteiger partial charge in [-0.15, -0.1) is 11.3 Å². The van der Waals surface area contributed by atoms with Gasteiger partial charge in [-0.3, -0.25) is 4.98 Å². The molecule has 0 N–H and O–H groups in total. The van der Waals surface area contributed by atoms with E-state index < -0.39 is 0 Å². The lowest BCUT2D eigenvalue weighted by Crippen LogP contribution is -1.86. The van der Waals surface area contributed by atoms with Crippen molar-refractivity contribution in [3.05, 3.63) is 45.9 Å². The van der Waals surface area contributed by atoms with Crippen LogP contribution in [0.5, 0.6) is 5.75 Å². The molecule has 2 aromatic rings. The SMILES string of the molecule is COc1ccc2c(c1)CC/C2=C/c1cncs1. The van der Waals surface area contributed by atoms with Gasteiger partial charge in [0, 0.05) is 11.1 Å². The summed E-state index contributed by atoms with van der Waals surface area (Å²) in [5, 5.41) is 0. The van der Waals surface area contributed by atoms with E-state index >= 15 is 0 Å². The quantitative estimate of drug-likeness (QED) is 0.803. The van der Waals surface area contributed by atoms with E-state index in [0.717, 1.165) is 18.6 Å². The van der Waals surface area contributed by atoms with Gasteiger partial charge in [-0.05, 0) is 47.8 Å². The Morgan fingerprint density at radius 1 is 1.35 bits per heavy atom. The number of ether oxygens (including phenoxy) is 1. The predicted molar refractivity (Wildman–Crippen MR) is 71.3 cm³/mol. The molecule has 0 saturated carbocycles. The molecule has 0 saturated heterocycles. The van der Waals surface area contributed by atoms with Crippen LogP contribution in [0.2, 0.25) is 0 Å². The monoisotopic (exact) mass is 243 g/mol. The second kappa shape index (κ2) is 4.34. The molecule has 0 amide bonds. The predicted octanol–water partition coefficient (Wildman–Crippen LogP) is 3.64. The van der Waals surface area contributed by atoms with Gasteiger partial charge >= 0.3 is 0 Å². The van der Waals surface area contributed by atoms with Crippen LogP contribution in [0.1, 0.15) is 22.4 Å². The number of fused-ring (bicyclic) bond motifs is 1. The van der Waals surface area contributed by atoms with E-state index in [0.29, 0.717) is 0 Å². The average molecular weight is 243 g/mol. The number of benzene rings is 1. The third-order valence-electron chi connectivity index (χ3n) is 3.09. The van der Waals surface area contributed by atoms with Crippen LogP contribution in [0.15, 0.2) is 29.9 Å². The maximum atomic E-state index is 5.25. The fraction of sp³-hybridized carbons (Fsp3) is 0.214. The van der Waals surface area contributed by atoms with E-state index in [9.17, 15) is 0 Å². The van der Waals surface area contributed by atoms with Crippen LogP contribution in [0, 0.1) is 0 Å². The Balaban J connectivity index is 1.99. The van der Waals surface area contributed by atoms with Crippen molar-refractivity contribution in [1.82, 2.24) is 4.98 Å². The first-order chi connectivity index (χ1) is 8.36. The summed E-state index contributed by atoms with van der Waals surface area (Å²) in [5.41, 5.74) is 6.03. The molecule has 3 rings (SSSR count). The molecule has 1 heterocycles. The molecule has 3 heteroatoms. The van der Waals surface area contributed by atoms with Gasteiger partial charge in [0.25, 0.3) is 0 Å². The number of thiazole rings is 1. The third kappa shape index (κ3) is 1.98. The molecule has 0 atom stereocenters. The molecule has 0 aliphatic heterocycles. The minimum absolute atomic E-state index is 0.947. The third-order valence-corrected chi connectivity index (χ3v) is 3.81. The Hall–Kier alpha value is -1.61. The van der Waals surface area contributed by atoms with Gasteiger partial charge in [0.2, 0.25) is 0 Å². The van der Waals surface area contributed by atoms with Crippen LogP contribution in [0.3, 0.4) is 0 Å². The topological polar surface area (TPSA) is 22.1 Å². The maximum Gasteiger partial charge on any atom is 0.119 e. The molecule has 1 aliphatic rings. The fourth-order valence-corrected chi connectivity index (χ4v) is 2.82. The zero-order chi connectivity index (χ0) is 11.7. The van der Waals surface area contributed by atoms with Crippen molar-refractivity contribution in [2.24, 2.45) is 0 Å². The smallest absolute Gasteiger partial charge is 0.119 e. The highest BCUT2D eigenvalue weighted by atomic mass is 32.1. The van der Waals surface area contributed by atoms with E-state index in [2.05, 4.69) is 23.2 Å². The lowest BCUT2D eigenvalue weighted by Gasteiger charge is -2.04. The standard InChI is InChI=1S/C14H13NOS/c1-16-12-4-5-14-10(6-12)2-3-11(14)7-13-8-15-9-17-13/h4-9H,2-3H2,1H3/b11-7-. The lowest BCUT2D eigenvalue weighted by atomic mass is 10.1. The minimum atomic E-state index is 0.947. The van der Waals surface area contributed by atoms with E-state index in [-0.39, 0.29) is 0 Å². The summed E-state index contributed by atoms with van der Waals surface area (Å²) in [6, 6.07) is 6.33. The Morgan fingerprint density at radius 2 is 2.29 bits per heavy atom. The zero-order valence-corrected chi connectivity index (χ0v) is 10.5. The van der Waals surface area contributed by atoms with Crippen LogP contribution in [-0.4, -0.2) is 12.1 Å². The Labute approximate surface area is 105 Å². The van der Waals surface area contributed by atoms with Crippen molar-refractivity contribution < 1.29 is 4.74 Å². The number of rotatable bonds is 2. The van der Waals surface area contributed by atoms with Crippen molar-refractivity contribution in [1.29, 1.82) is 0 Å². The Bertz CT molecular complexity index is 558. The van der Waals surface area contributed by atoms with Crippen molar-refractivity contribution in [2.45, 2.75) is 12.8 Å². The normalized spacial score (nSPS) is 16.2. The first-order valence-electron chi connectivity index (χ1n) is 5.63. The fourth-order valence-electron chi connectivity index (χ4n) is 2.24. The zero-order valence-electron chi connectivity index (χ0n) is 9.64. The molecule has 1 aromatic carbocycles. The number of methoxy groups -OCH3 is 1. The number of hydrogen-bond donors (Lipinski definition) is 0. The van der Waals surface area contributed by atoms with E-state index in [1.54, 1.807) is 18.4 Å². The van der Waals surface area contributed by atoms with Crippen molar-refractivity contribution >= 4 is 23.0 Å². The number of allylic oxidation sites excluding steroid dienone is 1. The van der Waals surface area contributed by atoms with Crippen LogP contribution in [0.4, 0.5) is 0 Å². The molecule has 0 fully saturated rings. The van der Waals surface area contributed by atoms with Gasteiger partial charge in [-0.2, -0.15) is 0 Å². The van der Waals surface area contributed by atoms with Crippen molar-refractivity contribution in [2.75, 3.05) is 7.11 Å². The van der Waals surface area contributed by atoms with Gasteiger partial charge < -0.3 is 4.74 Å². The second-order valence-electron chi connectivity index (χ2n) is 4.10. The molecule has 0 unspecified atom stereocenters. The number of aryl methyl sites for hydroxylation is 1. The van der Waals surface area contributed by atoms with Crippen molar-refractivity contribution in [3.8, 4) is 5.75 Å². The summed E-state index contributed by atoms with van der Waals surface area (Å²) in [6.45, 7) is 0. The molecule has 0 spiro atoms. The first-order valence-corrected chi connectivity index (χ1v) is 6.51. The van der Waals surface area contributed by atoms with Crippen LogP contribution >= 0.6 is 11.3 Å². The molecule has 86 valence electrons. The number of nitrogens with zero attached hydrogens (tertiary/aromatic N) is 1.